The first kappa shape index (κ1) is 10.8. The highest BCUT2D eigenvalue weighted by Gasteiger charge is 2.26. The van der Waals surface area contributed by atoms with E-state index in [9.17, 15) is 0 Å². The zero-order chi connectivity index (χ0) is 10.1. The van der Waals surface area contributed by atoms with Crippen LogP contribution in [0.5, 0.6) is 0 Å². The Labute approximate surface area is 83.4 Å². The van der Waals surface area contributed by atoms with Gasteiger partial charge in [-0.25, -0.2) is 0 Å². The molecule has 1 saturated carbocycles. The van der Waals surface area contributed by atoms with Gasteiger partial charge in [-0.15, -0.1) is 0 Å². The minimum Gasteiger partial charge on any atom is -0.0701 e. The predicted molar refractivity (Wildman–Crippen MR) is 59.8 cm³/mol. The summed E-state index contributed by atoms with van der Waals surface area (Å²) in [5.74, 6) is 0.844. The maximum absolute atomic E-state index is 2.40. The molecular formula is C13H24. The van der Waals surface area contributed by atoms with Gasteiger partial charge in [0.15, 0.2) is 0 Å². The van der Waals surface area contributed by atoms with Crippen molar-refractivity contribution in [1.29, 1.82) is 0 Å². The zero-order valence-electron chi connectivity index (χ0n) is 9.91. The van der Waals surface area contributed by atoms with Crippen molar-refractivity contribution in [2.24, 2.45) is 11.3 Å². The molecule has 0 aliphatic heterocycles. The van der Waals surface area contributed by atoms with E-state index in [1.54, 1.807) is 11.1 Å². The van der Waals surface area contributed by atoms with E-state index in [4.69, 9.17) is 0 Å². The molecule has 0 aromatic carbocycles. The molecule has 0 radical (unpaired) electrons. The Hall–Kier alpha value is -0.260. The molecule has 0 atom stereocenters. The van der Waals surface area contributed by atoms with Crippen LogP contribution in [0.2, 0.25) is 0 Å². The van der Waals surface area contributed by atoms with E-state index in [1.807, 2.05) is 0 Å². The third-order valence-electron chi connectivity index (χ3n) is 3.39. The first-order valence-corrected chi connectivity index (χ1v) is 5.62. The molecule has 1 aliphatic carbocycles. The minimum absolute atomic E-state index is 0.454. The molecule has 0 saturated heterocycles. The van der Waals surface area contributed by atoms with E-state index in [-0.39, 0.29) is 0 Å². The number of hydrogen-bond donors (Lipinski definition) is 0. The van der Waals surface area contributed by atoms with Crippen LogP contribution >= 0.6 is 0 Å². The third kappa shape index (κ3) is 3.17. The Morgan fingerprint density at radius 2 is 1.85 bits per heavy atom. The van der Waals surface area contributed by atoms with Gasteiger partial charge in [-0.1, -0.05) is 45.3 Å². The van der Waals surface area contributed by atoms with Crippen molar-refractivity contribution in [3.05, 3.63) is 11.1 Å². The monoisotopic (exact) mass is 180 g/mol. The van der Waals surface area contributed by atoms with Crippen LogP contribution in [-0.2, 0) is 0 Å². The summed E-state index contributed by atoms with van der Waals surface area (Å²) in [5, 5.41) is 0. The summed E-state index contributed by atoms with van der Waals surface area (Å²) in [4.78, 5) is 0. The van der Waals surface area contributed by atoms with Crippen molar-refractivity contribution in [3.63, 3.8) is 0 Å². The lowest BCUT2D eigenvalue weighted by molar-refractivity contribution is 0.361. The number of allylic oxidation sites excluding steroid dienone is 2. The molecule has 0 N–H and O–H groups in total. The summed E-state index contributed by atoms with van der Waals surface area (Å²) in [5.41, 5.74) is 3.86. The highest BCUT2D eigenvalue weighted by Crippen LogP contribution is 2.42. The van der Waals surface area contributed by atoms with Gasteiger partial charge in [-0.2, -0.15) is 0 Å². The van der Waals surface area contributed by atoms with Crippen LogP contribution in [0, 0.1) is 11.3 Å². The second kappa shape index (κ2) is 3.86. The van der Waals surface area contributed by atoms with Crippen molar-refractivity contribution >= 4 is 0 Å². The molecule has 0 aromatic rings. The average Bonchev–Trinajstić information content (AvgIpc) is 2.82. The van der Waals surface area contributed by atoms with Crippen LogP contribution in [0.15, 0.2) is 11.1 Å². The van der Waals surface area contributed by atoms with Crippen molar-refractivity contribution in [3.8, 4) is 0 Å². The summed E-state index contributed by atoms with van der Waals surface area (Å²) >= 11 is 0. The van der Waals surface area contributed by atoms with E-state index in [1.165, 1.54) is 25.7 Å². The Balaban J connectivity index is 2.50. The molecule has 1 fully saturated rings. The largest absolute Gasteiger partial charge is 0.0701 e. The maximum atomic E-state index is 2.40. The van der Waals surface area contributed by atoms with Gasteiger partial charge in [0.25, 0.3) is 0 Å². The fraction of sp³-hybridized carbons (Fsp3) is 0.846. The minimum atomic E-state index is 0.454. The van der Waals surface area contributed by atoms with Gasteiger partial charge in [-0.3, -0.25) is 0 Å². The molecule has 1 rings (SSSR count). The van der Waals surface area contributed by atoms with Crippen LogP contribution in [-0.4, -0.2) is 0 Å². The van der Waals surface area contributed by atoms with Gasteiger partial charge in [-0.05, 0) is 37.5 Å². The van der Waals surface area contributed by atoms with Crippen molar-refractivity contribution in [1.82, 2.24) is 0 Å². The van der Waals surface area contributed by atoms with E-state index < -0.39 is 0 Å². The molecule has 0 nitrogen and oxygen atoms in total. The first-order chi connectivity index (χ1) is 5.93. The van der Waals surface area contributed by atoms with E-state index in [0.29, 0.717) is 5.41 Å². The second-order valence-corrected chi connectivity index (χ2v) is 5.54. The number of rotatable bonds is 4. The Bertz CT molecular complexity index is 200. The third-order valence-corrected chi connectivity index (χ3v) is 3.39. The second-order valence-electron chi connectivity index (χ2n) is 5.54. The van der Waals surface area contributed by atoms with Crippen molar-refractivity contribution in [2.75, 3.05) is 0 Å². The normalized spacial score (nSPS) is 16.6. The smallest absolute Gasteiger partial charge is 0.0145 e. The lowest BCUT2D eigenvalue weighted by atomic mass is 9.79. The number of hydrogen-bond acceptors (Lipinski definition) is 0. The van der Waals surface area contributed by atoms with E-state index in [0.717, 1.165) is 5.92 Å². The molecule has 0 amide bonds. The average molecular weight is 180 g/mol. The first-order valence-electron chi connectivity index (χ1n) is 5.62. The highest BCUT2D eigenvalue weighted by molar-refractivity contribution is 5.27. The summed E-state index contributed by atoms with van der Waals surface area (Å²) in [6, 6.07) is 0. The SMILES string of the molecule is CC(=C1CC1)C(C)(C)CCC(C)C. The molecule has 13 heavy (non-hydrogen) atoms. The van der Waals surface area contributed by atoms with Crippen LogP contribution in [0.4, 0.5) is 0 Å². The lowest BCUT2D eigenvalue weighted by Crippen LogP contribution is -2.14. The van der Waals surface area contributed by atoms with Crippen LogP contribution in [0.3, 0.4) is 0 Å². The molecule has 1 aliphatic rings. The van der Waals surface area contributed by atoms with Crippen molar-refractivity contribution in [2.45, 2.75) is 60.3 Å². The van der Waals surface area contributed by atoms with Crippen LogP contribution in [0.1, 0.15) is 60.3 Å². The summed E-state index contributed by atoms with van der Waals surface area (Å²) in [6.07, 6.45) is 5.45. The summed E-state index contributed by atoms with van der Waals surface area (Å²) in [6.45, 7) is 11.8. The Kier molecular flexibility index (Phi) is 3.21. The lowest BCUT2D eigenvalue weighted by Gasteiger charge is -2.27. The van der Waals surface area contributed by atoms with Gasteiger partial charge >= 0.3 is 0 Å². The predicted octanol–water partition coefficient (Wildman–Crippen LogP) is 4.56. The Morgan fingerprint density at radius 1 is 1.31 bits per heavy atom. The quantitative estimate of drug-likeness (QED) is 0.556. The molecule has 0 unspecified atom stereocenters. The Morgan fingerprint density at radius 3 is 2.23 bits per heavy atom. The van der Waals surface area contributed by atoms with Gasteiger partial charge in [0.2, 0.25) is 0 Å². The van der Waals surface area contributed by atoms with Crippen molar-refractivity contribution < 1.29 is 0 Å². The molecule has 0 spiro atoms. The molecular weight excluding hydrogens is 156 g/mol. The maximum Gasteiger partial charge on any atom is -0.0145 e. The fourth-order valence-electron chi connectivity index (χ4n) is 1.75. The molecule has 0 bridgehead atoms. The van der Waals surface area contributed by atoms with Gasteiger partial charge in [0.05, 0.1) is 0 Å². The van der Waals surface area contributed by atoms with E-state index in [2.05, 4.69) is 34.6 Å². The van der Waals surface area contributed by atoms with Gasteiger partial charge in [0, 0.05) is 0 Å². The van der Waals surface area contributed by atoms with Gasteiger partial charge < -0.3 is 0 Å². The fourth-order valence-corrected chi connectivity index (χ4v) is 1.75. The van der Waals surface area contributed by atoms with Gasteiger partial charge in [0.1, 0.15) is 0 Å². The molecule has 0 aromatic heterocycles. The topological polar surface area (TPSA) is 0 Å². The molecule has 76 valence electrons. The zero-order valence-corrected chi connectivity index (χ0v) is 9.91. The standard InChI is InChI=1S/C13H24/c1-10(2)8-9-13(4,5)11(3)12-6-7-12/h10H,6-9H2,1-5H3. The highest BCUT2D eigenvalue weighted by atomic mass is 14.3. The van der Waals surface area contributed by atoms with Crippen LogP contribution in [0.25, 0.3) is 0 Å². The molecule has 0 heterocycles. The van der Waals surface area contributed by atoms with Crippen LogP contribution < -0.4 is 0 Å². The van der Waals surface area contributed by atoms with E-state index >= 15 is 0 Å². The molecule has 0 heteroatoms. The summed E-state index contributed by atoms with van der Waals surface area (Å²) < 4.78 is 0. The summed E-state index contributed by atoms with van der Waals surface area (Å²) in [7, 11) is 0.